The van der Waals surface area contributed by atoms with Gasteiger partial charge in [0.25, 0.3) is 0 Å². The third-order valence-electron chi connectivity index (χ3n) is 2.96. The van der Waals surface area contributed by atoms with Crippen molar-refractivity contribution in [3.05, 3.63) is 34.9 Å². The Bertz CT molecular complexity index is 525. The van der Waals surface area contributed by atoms with Crippen molar-refractivity contribution < 1.29 is 8.42 Å². The molecule has 1 saturated heterocycles. The molecule has 5 heteroatoms. The maximum atomic E-state index is 11.4. The van der Waals surface area contributed by atoms with E-state index in [9.17, 15) is 8.42 Å². The first-order chi connectivity index (χ1) is 8.18. The van der Waals surface area contributed by atoms with Crippen LogP contribution in [0.3, 0.4) is 0 Å². The molecule has 0 spiro atoms. The predicted molar refractivity (Wildman–Crippen MR) is 70.1 cm³/mol. The molecular weight excluding hydrogens is 258 g/mol. The molecule has 2 rings (SSSR count). The van der Waals surface area contributed by atoms with Crippen LogP contribution in [-0.2, 0) is 10.3 Å². The van der Waals surface area contributed by atoms with Crippen LogP contribution in [0.4, 0.5) is 0 Å². The van der Waals surface area contributed by atoms with Crippen LogP contribution >= 0.6 is 11.6 Å². The third-order valence-corrected chi connectivity index (χ3v) is 4.12. The Kier molecular flexibility index (Phi) is 4.20. The minimum atomic E-state index is -2.19. The number of rotatable bonds is 2. The fourth-order valence-corrected chi connectivity index (χ4v) is 3.17. The Labute approximate surface area is 107 Å². The minimum absolute atomic E-state index is 0.0561. The van der Waals surface area contributed by atoms with E-state index in [0.29, 0.717) is 15.5 Å². The summed E-state index contributed by atoms with van der Waals surface area (Å²) in [6.45, 7) is 1.68. The van der Waals surface area contributed by atoms with E-state index >= 15 is 0 Å². The van der Waals surface area contributed by atoms with Gasteiger partial charge in [0, 0.05) is 17.5 Å². The summed E-state index contributed by atoms with van der Waals surface area (Å²) in [7, 11) is -2.19. The molecule has 1 heterocycles. The summed E-state index contributed by atoms with van der Waals surface area (Å²) in [6.07, 6.45) is 1.91. The van der Waals surface area contributed by atoms with Gasteiger partial charge in [0.1, 0.15) is 0 Å². The molecule has 0 aromatic heterocycles. The second kappa shape index (κ2) is 5.67. The summed E-state index contributed by atoms with van der Waals surface area (Å²) in [4.78, 5) is 0.472. The molecule has 1 aliphatic heterocycles. The molecule has 3 nitrogen and oxygen atoms in total. The number of hydrogen-bond acceptors (Lipinski definition) is 3. The molecule has 1 unspecified atom stereocenters. The molecule has 0 aliphatic carbocycles. The van der Waals surface area contributed by atoms with E-state index in [-0.39, 0.29) is 5.92 Å². The highest BCUT2D eigenvalue weighted by Gasteiger charge is 2.21. The zero-order valence-electron chi connectivity index (χ0n) is 9.32. The van der Waals surface area contributed by atoms with Gasteiger partial charge < -0.3 is 5.32 Å². The van der Waals surface area contributed by atoms with E-state index in [0.717, 1.165) is 25.9 Å². The maximum Gasteiger partial charge on any atom is 0.218 e. The first-order valence-corrected chi connectivity index (χ1v) is 7.06. The summed E-state index contributed by atoms with van der Waals surface area (Å²) in [5, 5.41) is 3.79. The Morgan fingerprint density at radius 1 is 1.41 bits per heavy atom. The first-order valence-electron chi connectivity index (χ1n) is 5.61. The lowest BCUT2D eigenvalue weighted by Crippen LogP contribution is -2.35. The van der Waals surface area contributed by atoms with Gasteiger partial charge in [-0.15, -0.1) is 0 Å². The van der Waals surface area contributed by atoms with Gasteiger partial charge in [-0.2, -0.15) is 8.42 Å². The van der Waals surface area contributed by atoms with Crippen LogP contribution < -0.4 is 5.32 Å². The monoisotopic (exact) mass is 271 g/mol. The SMILES string of the molecule is O=S(=O)=C(c1cccc(Cl)c1)C1CCCNC1. The maximum absolute atomic E-state index is 11.4. The summed E-state index contributed by atoms with van der Waals surface area (Å²) in [5.74, 6) is 0.0561. The molecule has 1 aromatic rings. The molecule has 1 aromatic carbocycles. The van der Waals surface area contributed by atoms with Crippen LogP contribution in [0.25, 0.3) is 0 Å². The van der Waals surface area contributed by atoms with Crippen LogP contribution in [-0.4, -0.2) is 26.4 Å². The lowest BCUT2D eigenvalue weighted by molar-refractivity contribution is 0.461. The molecule has 1 atom stereocenters. The van der Waals surface area contributed by atoms with Gasteiger partial charge in [0.15, 0.2) is 0 Å². The lowest BCUT2D eigenvalue weighted by atomic mass is 9.92. The van der Waals surface area contributed by atoms with Crippen molar-refractivity contribution in [3.8, 4) is 0 Å². The summed E-state index contributed by atoms with van der Waals surface area (Å²) >= 11 is 5.90. The van der Waals surface area contributed by atoms with Gasteiger partial charge in [0.2, 0.25) is 10.3 Å². The Balaban J connectivity index is 2.40. The zero-order valence-corrected chi connectivity index (χ0v) is 10.9. The molecule has 1 N–H and O–H groups in total. The number of benzene rings is 1. The van der Waals surface area contributed by atoms with Gasteiger partial charge in [-0.25, -0.2) is 0 Å². The standard InChI is InChI=1S/C12H14ClNO2S/c13-11-5-1-3-9(7-11)12(17(15)16)10-4-2-6-14-8-10/h1,3,5,7,10,14H,2,4,6,8H2. The molecule has 0 radical (unpaired) electrons. The molecule has 92 valence electrons. The van der Waals surface area contributed by atoms with Gasteiger partial charge in [-0.3, -0.25) is 0 Å². The summed E-state index contributed by atoms with van der Waals surface area (Å²) in [6, 6.07) is 7.03. The molecule has 17 heavy (non-hydrogen) atoms. The highest BCUT2D eigenvalue weighted by atomic mass is 35.5. The highest BCUT2D eigenvalue weighted by molar-refractivity contribution is 7.73. The normalized spacial score (nSPS) is 19.9. The first kappa shape index (κ1) is 12.6. The minimum Gasteiger partial charge on any atom is -0.316 e. The van der Waals surface area contributed by atoms with E-state index in [1.54, 1.807) is 24.3 Å². The van der Waals surface area contributed by atoms with Crippen molar-refractivity contribution >= 4 is 26.8 Å². The lowest BCUT2D eigenvalue weighted by Gasteiger charge is -2.23. The molecule has 1 aliphatic rings. The van der Waals surface area contributed by atoms with Crippen LogP contribution in [0.1, 0.15) is 18.4 Å². The number of hydrogen-bond donors (Lipinski definition) is 1. The second-order valence-corrected chi connectivity index (χ2v) is 5.50. The van der Waals surface area contributed by atoms with Gasteiger partial charge in [0.05, 0.1) is 4.86 Å². The molecular formula is C12H14ClNO2S. The van der Waals surface area contributed by atoms with Gasteiger partial charge in [-0.1, -0.05) is 23.7 Å². The second-order valence-electron chi connectivity index (χ2n) is 4.15. The number of piperidine rings is 1. The van der Waals surface area contributed by atoms with Crippen molar-refractivity contribution in [3.63, 3.8) is 0 Å². The van der Waals surface area contributed by atoms with Crippen LogP contribution in [0, 0.1) is 5.92 Å². The Hall–Kier alpha value is -0.840. The highest BCUT2D eigenvalue weighted by Crippen LogP contribution is 2.19. The van der Waals surface area contributed by atoms with Crippen LogP contribution in [0.5, 0.6) is 0 Å². The molecule has 0 bridgehead atoms. The van der Waals surface area contributed by atoms with Crippen molar-refractivity contribution in [2.24, 2.45) is 5.92 Å². The Morgan fingerprint density at radius 2 is 2.24 bits per heavy atom. The number of nitrogens with one attached hydrogen (secondary N) is 1. The van der Waals surface area contributed by atoms with Crippen LogP contribution in [0.15, 0.2) is 24.3 Å². The summed E-state index contributed by atoms with van der Waals surface area (Å²) < 4.78 is 22.8. The number of halogens is 1. The van der Waals surface area contributed by atoms with E-state index in [1.165, 1.54) is 0 Å². The topological polar surface area (TPSA) is 46.2 Å². The van der Waals surface area contributed by atoms with Crippen molar-refractivity contribution in [1.29, 1.82) is 0 Å². The quantitative estimate of drug-likeness (QED) is 0.658. The summed E-state index contributed by atoms with van der Waals surface area (Å²) in [5.41, 5.74) is 0.708. The smallest absolute Gasteiger partial charge is 0.218 e. The Morgan fingerprint density at radius 3 is 2.82 bits per heavy atom. The average Bonchev–Trinajstić information content (AvgIpc) is 2.30. The van der Waals surface area contributed by atoms with Gasteiger partial charge >= 0.3 is 0 Å². The van der Waals surface area contributed by atoms with E-state index in [4.69, 9.17) is 11.6 Å². The third kappa shape index (κ3) is 3.09. The van der Waals surface area contributed by atoms with Crippen molar-refractivity contribution in [1.82, 2.24) is 5.32 Å². The fraction of sp³-hybridized carbons (Fsp3) is 0.417. The van der Waals surface area contributed by atoms with E-state index in [2.05, 4.69) is 5.32 Å². The van der Waals surface area contributed by atoms with Crippen LogP contribution in [0.2, 0.25) is 5.02 Å². The fourth-order valence-electron chi connectivity index (χ4n) is 2.19. The molecule has 0 amide bonds. The average molecular weight is 272 g/mol. The molecule has 1 fully saturated rings. The van der Waals surface area contributed by atoms with Crippen molar-refractivity contribution in [2.75, 3.05) is 13.1 Å². The zero-order chi connectivity index (χ0) is 12.3. The molecule has 0 saturated carbocycles. The van der Waals surface area contributed by atoms with Gasteiger partial charge in [-0.05, 0) is 37.1 Å². The van der Waals surface area contributed by atoms with E-state index in [1.807, 2.05) is 0 Å². The predicted octanol–water partition coefficient (Wildman–Crippen LogP) is 1.74. The van der Waals surface area contributed by atoms with Crippen molar-refractivity contribution in [2.45, 2.75) is 12.8 Å². The largest absolute Gasteiger partial charge is 0.316 e. The van der Waals surface area contributed by atoms with E-state index < -0.39 is 10.3 Å².